The van der Waals surface area contributed by atoms with Crippen molar-refractivity contribution < 1.29 is 9.90 Å². The first-order valence-corrected chi connectivity index (χ1v) is 7.25. The highest BCUT2D eigenvalue weighted by Gasteiger charge is 2.11. The number of rotatable bonds is 3. The molecule has 22 heavy (non-hydrogen) atoms. The molecular weight excluding hydrogens is 300 g/mol. The smallest absolute Gasteiger partial charge is 0.244 e. The number of carbonyl (C=O) groups excluding carboxylic acids is 1. The topological polar surface area (TPSA) is 54.3 Å². The lowest BCUT2D eigenvalue weighted by molar-refractivity contribution is -0.116. The summed E-state index contributed by atoms with van der Waals surface area (Å²) >= 11 is 5.88. The Kier molecular flexibility index (Phi) is 3.77. The highest BCUT2D eigenvalue weighted by Crippen LogP contribution is 2.26. The van der Waals surface area contributed by atoms with E-state index >= 15 is 0 Å². The number of hydrogen-bond acceptors (Lipinski definition) is 2. The van der Waals surface area contributed by atoms with Crippen LogP contribution in [0.3, 0.4) is 0 Å². The number of phenols is 1. The summed E-state index contributed by atoms with van der Waals surface area (Å²) in [5.74, 6) is -0.228. The fourth-order valence-electron chi connectivity index (χ4n) is 2.50. The van der Waals surface area contributed by atoms with Gasteiger partial charge in [0.25, 0.3) is 0 Å². The highest BCUT2D eigenvalue weighted by molar-refractivity contribution is 6.31. The summed E-state index contributed by atoms with van der Waals surface area (Å²) in [6, 6.07) is 14.5. The van der Waals surface area contributed by atoms with Crippen molar-refractivity contribution in [2.24, 2.45) is 0 Å². The van der Waals surface area contributed by atoms with Crippen molar-refractivity contribution in [2.45, 2.75) is 13.5 Å². The molecule has 4 nitrogen and oxygen atoms in total. The van der Waals surface area contributed by atoms with E-state index in [1.54, 1.807) is 6.07 Å². The van der Waals surface area contributed by atoms with Crippen LogP contribution >= 0.6 is 11.6 Å². The lowest BCUT2D eigenvalue weighted by Gasteiger charge is -2.10. The third kappa shape index (κ3) is 2.78. The summed E-state index contributed by atoms with van der Waals surface area (Å²) in [5, 5.41) is 14.0. The second-order valence-electron chi connectivity index (χ2n) is 5.14. The number of hydrogen-bond donors (Lipinski definition) is 2. The van der Waals surface area contributed by atoms with E-state index < -0.39 is 0 Å². The summed E-state index contributed by atoms with van der Waals surface area (Å²) in [6.07, 6.45) is 0. The minimum atomic E-state index is -0.220. The second kappa shape index (κ2) is 5.73. The van der Waals surface area contributed by atoms with Crippen LogP contribution in [0, 0.1) is 6.92 Å². The molecule has 0 unspecified atom stereocenters. The van der Waals surface area contributed by atoms with Gasteiger partial charge in [0.1, 0.15) is 12.3 Å². The van der Waals surface area contributed by atoms with Gasteiger partial charge in [-0.05, 0) is 42.6 Å². The van der Waals surface area contributed by atoms with Gasteiger partial charge in [0, 0.05) is 16.2 Å². The van der Waals surface area contributed by atoms with Gasteiger partial charge in [-0.25, -0.2) is 0 Å². The van der Waals surface area contributed by atoms with Crippen LogP contribution in [-0.4, -0.2) is 15.6 Å². The van der Waals surface area contributed by atoms with Crippen LogP contribution < -0.4 is 5.32 Å². The molecule has 0 saturated heterocycles. The first-order chi connectivity index (χ1) is 10.5. The van der Waals surface area contributed by atoms with Crippen molar-refractivity contribution in [3.05, 3.63) is 59.2 Å². The summed E-state index contributed by atoms with van der Waals surface area (Å²) < 4.78 is 1.94. The summed E-state index contributed by atoms with van der Waals surface area (Å²) in [6.45, 7) is 2.13. The van der Waals surface area contributed by atoms with Gasteiger partial charge in [0.05, 0.1) is 5.69 Å². The minimum Gasteiger partial charge on any atom is -0.506 e. The summed E-state index contributed by atoms with van der Waals surface area (Å²) in [4.78, 5) is 12.3. The number of benzene rings is 2. The molecule has 0 fully saturated rings. The number of amides is 1. The number of nitrogens with one attached hydrogen (secondary N) is 1. The molecule has 2 N–H and O–H groups in total. The van der Waals surface area contributed by atoms with Crippen LogP contribution in [0.15, 0.2) is 48.5 Å². The molecule has 0 aliphatic carbocycles. The third-order valence-electron chi connectivity index (χ3n) is 3.55. The lowest BCUT2D eigenvalue weighted by atomic mass is 10.2. The molecular formula is C17H15ClN2O2. The quantitative estimate of drug-likeness (QED) is 0.719. The van der Waals surface area contributed by atoms with Crippen LogP contribution in [0.5, 0.6) is 5.75 Å². The Hall–Kier alpha value is -2.46. The van der Waals surface area contributed by atoms with Crippen LogP contribution in [0.25, 0.3) is 10.9 Å². The molecule has 0 bridgehead atoms. The fraction of sp³-hybridized carbons (Fsp3) is 0.118. The number of aromatic hydroxyl groups is 1. The van der Waals surface area contributed by atoms with Gasteiger partial charge >= 0.3 is 0 Å². The number of aryl methyl sites for hydroxylation is 1. The average Bonchev–Trinajstić information content (AvgIpc) is 2.79. The minimum absolute atomic E-state index is 0.00756. The SMILES string of the molecule is Cc1cc2ccccc2n1CC(=O)Nc1cc(Cl)ccc1O. The predicted molar refractivity (Wildman–Crippen MR) is 88.4 cm³/mol. The first kappa shape index (κ1) is 14.5. The van der Waals surface area contributed by atoms with Crippen LogP contribution in [-0.2, 0) is 11.3 Å². The van der Waals surface area contributed by atoms with Crippen molar-refractivity contribution in [3.8, 4) is 5.75 Å². The van der Waals surface area contributed by atoms with Crippen molar-refractivity contribution >= 4 is 34.1 Å². The second-order valence-corrected chi connectivity index (χ2v) is 5.58. The normalized spacial score (nSPS) is 10.8. The Morgan fingerprint density at radius 2 is 2.00 bits per heavy atom. The Morgan fingerprint density at radius 1 is 1.23 bits per heavy atom. The van der Waals surface area contributed by atoms with Crippen LogP contribution in [0.2, 0.25) is 5.02 Å². The number of carbonyl (C=O) groups is 1. The van der Waals surface area contributed by atoms with E-state index in [1.165, 1.54) is 12.1 Å². The Balaban J connectivity index is 1.84. The van der Waals surface area contributed by atoms with E-state index in [1.807, 2.05) is 41.8 Å². The van der Waals surface area contributed by atoms with E-state index in [-0.39, 0.29) is 18.2 Å². The van der Waals surface area contributed by atoms with E-state index in [2.05, 4.69) is 5.32 Å². The molecule has 0 aliphatic heterocycles. The van der Waals surface area contributed by atoms with Gasteiger partial charge in [-0.2, -0.15) is 0 Å². The van der Waals surface area contributed by atoms with E-state index in [0.29, 0.717) is 10.7 Å². The highest BCUT2D eigenvalue weighted by atomic mass is 35.5. The molecule has 0 radical (unpaired) electrons. The number of para-hydroxylation sites is 1. The van der Waals surface area contributed by atoms with Crippen molar-refractivity contribution in [1.29, 1.82) is 0 Å². The first-order valence-electron chi connectivity index (χ1n) is 6.88. The van der Waals surface area contributed by atoms with E-state index in [9.17, 15) is 9.90 Å². The lowest BCUT2D eigenvalue weighted by Crippen LogP contribution is -2.19. The molecule has 1 heterocycles. The fourth-order valence-corrected chi connectivity index (χ4v) is 2.67. The van der Waals surface area contributed by atoms with Crippen molar-refractivity contribution in [2.75, 3.05) is 5.32 Å². The molecule has 3 rings (SSSR count). The zero-order valence-corrected chi connectivity index (χ0v) is 12.8. The zero-order chi connectivity index (χ0) is 15.7. The summed E-state index contributed by atoms with van der Waals surface area (Å²) in [5.41, 5.74) is 2.32. The Bertz CT molecular complexity index is 855. The maximum atomic E-state index is 12.3. The van der Waals surface area contributed by atoms with Crippen LogP contribution in [0.1, 0.15) is 5.69 Å². The molecule has 5 heteroatoms. The molecule has 0 saturated carbocycles. The van der Waals surface area contributed by atoms with Gasteiger partial charge in [0.2, 0.25) is 5.91 Å². The van der Waals surface area contributed by atoms with Gasteiger partial charge in [-0.1, -0.05) is 29.8 Å². The molecule has 0 spiro atoms. The van der Waals surface area contributed by atoms with E-state index in [4.69, 9.17) is 11.6 Å². The molecule has 1 aromatic heterocycles. The number of fused-ring (bicyclic) bond motifs is 1. The number of nitrogens with zero attached hydrogens (tertiary/aromatic N) is 1. The molecule has 3 aromatic rings. The van der Waals surface area contributed by atoms with Gasteiger partial charge < -0.3 is 15.0 Å². The maximum absolute atomic E-state index is 12.3. The standard InChI is InChI=1S/C17H15ClN2O2/c1-11-8-12-4-2-3-5-15(12)20(11)10-17(22)19-14-9-13(18)6-7-16(14)21/h2-9,21H,10H2,1H3,(H,19,22). The summed E-state index contributed by atoms with van der Waals surface area (Å²) in [7, 11) is 0. The number of aromatic nitrogens is 1. The number of anilines is 1. The van der Waals surface area contributed by atoms with E-state index in [0.717, 1.165) is 16.6 Å². The van der Waals surface area contributed by atoms with Gasteiger partial charge in [-0.3, -0.25) is 4.79 Å². The largest absolute Gasteiger partial charge is 0.506 e. The van der Waals surface area contributed by atoms with Gasteiger partial charge in [-0.15, -0.1) is 0 Å². The van der Waals surface area contributed by atoms with Crippen LogP contribution in [0.4, 0.5) is 5.69 Å². The predicted octanol–water partition coefficient (Wildman–Crippen LogP) is 3.95. The van der Waals surface area contributed by atoms with Crippen molar-refractivity contribution in [3.63, 3.8) is 0 Å². The average molecular weight is 315 g/mol. The van der Waals surface area contributed by atoms with Crippen molar-refractivity contribution in [1.82, 2.24) is 4.57 Å². The Morgan fingerprint density at radius 3 is 2.82 bits per heavy atom. The Labute approximate surface area is 132 Å². The van der Waals surface area contributed by atoms with Gasteiger partial charge in [0.15, 0.2) is 0 Å². The number of phenolic OH excluding ortho intramolecular Hbond substituents is 1. The third-order valence-corrected chi connectivity index (χ3v) is 3.79. The molecule has 0 aliphatic rings. The maximum Gasteiger partial charge on any atom is 0.244 e. The molecule has 0 atom stereocenters. The zero-order valence-electron chi connectivity index (χ0n) is 12.0. The number of halogens is 1. The monoisotopic (exact) mass is 314 g/mol. The molecule has 2 aromatic carbocycles. The molecule has 112 valence electrons. The molecule has 1 amide bonds.